The average Bonchev–Trinajstić information content (AvgIpc) is 1.87. The molecule has 0 aromatic carbocycles. The minimum absolute atomic E-state index is 0.873. The van der Waals surface area contributed by atoms with Gasteiger partial charge in [0, 0.05) is 9.34 Å². The zero-order valence-corrected chi connectivity index (χ0v) is 5.58. The third-order valence-electron chi connectivity index (χ3n) is 0.589. The molecule has 2 nitrogen and oxygen atoms in total. The first-order chi connectivity index (χ1) is 4.75. The van der Waals surface area contributed by atoms with E-state index in [4.69, 9.17) is 9.22 Å². The number of aliphatic carboxylic acids is 1. The van der Waals surface area contributed by atoms with Crippen molar-refractivity contribution in [2.75, 3.05) is 6.26 Å². The largest absolute Gasteiger partial charge is 0.481 e. The molecule has 0 spiro atoms. The van der Waals surface area contributed by atoms with Crippen LogP contribution in [-0.2, 0) is 4.79 Å². The summed E-state index contributed by atoms with van der Waals surface area (Å²) in [4.78, 5) is 10.3. The monoisotopic (exact) mass is 137 g/mol. The van der Waals surface area contributed by atoms with Gasteiger partial charge < -0.3 is 5.11 Å². The Morgan fingerprint density at radius 1 is 2.25 bits per heavy atom. The Labute approximate surface area is 57.5 Å². The highest BCUT2D eigenvalue weighted by Gasteiger charge is 2.03. The normalized spacial score (nSPS) is 24.5. The first-order valence-corrected chi connectivity index (χ1v) is 3.26. The molecule has 0 heterocycles. The van der Waals surface area contributed by atoms with E-state index in [9.17, 15) is 4.79 Å². The van der Waals surface area contributed by atoms with Crippen LogP contribution in [-0.4, -0.2) is 22.6 Å². The van der Waals surface area contributed by atoms with Crippen LogP contribution in [0.4, 0.5) is 0 Å². The summed E-state index contributed by atoms with van der Waals surface area (Å²) in [5, 5.41) is 6.76. The highest BCUT2D eigenvalue weighted by atomic mass is 32.2. The predicted octanol–water partition coefficient (Wildman–Crippen LogP) is 1.21. The van der Waals surface area contributed by atoms with Crippen molar-refractivity contribution in [1.82, 2.24) is 0 Å². The standard InChI is InChI=1S/C5H10O2S/c1-4(8-2)3-5(6)7/h4H,3H2,1-2H3,(H,6,7)/i3D2,4D. The van der Waals surface area contributed by atoms with E-state index in [2.05, 4.69) is 0 Å². The van der Waals surface area contributed by atoms with E-state index in [0.717, 1.165) is 11.8 Å². The van der Waals surface area contributed by atoms with E-state index in [1.54, 1.807) is 0 Å². The predicted molar refractivity (Wildman–Crippen MR) is 35.2 cm³/mol. The zero-order chi connectivity index (χ0) is 9.28. The van der Waals surface area contributed by atoms with Gasteiger partial charge in [0.2, 0.25) is 0 Å². The van der Waals surface area contributed by atoms with Crippen LogP contribution < -0.4 is 0 Å². The number of carboxylic acid groups (broad SMARTS) is 1. The third kappa shape index (κ3) is 3.99. The van der Waals surface area contributed by atoms with E-state index in [-0.39, 0.29) is 0 Å². The molecule has 0 bridgehead atoms. The Balaban J connectivity index is 4.67. The van der Waals surface area contributed by atoms with Crippen LogP contribution in [0.3, 0.4) is 0 Å². The van der Waals surface area contributed by atoms with Crippen LogP contribution in [0.15, 0.2) is 0 Å². The van der Waals surface area contributed by atoms with Gasteiger partial charge in [0.25, 0.3) is 0 Å². The van der Waals surface area contributed by atoms with Crippen LogP contribution >= 0.6 is 11.8 Å². The van der Waals surface area contributed by atoms with Crippen molar-refractivity contribution in [2.24, 2.45) is 0 Å². The summed E-state index contributed by atoms with van der Waals surface area (Å²) in [6.45, 7) is 1.24. The maximum absolute atomic E-state index is 10.3. The molecule has 3 heteroatoms. The molecule has 48 valence electrons. The van der Waals surface area contributed by atoms with Crippen molar-refractivity contribution in [2.45, 2.75) is 18.5 Å². The van der Waals surface area contributed by atoms with Crippen molar-refractivity contribution in [3.63, 3.8) is 0 Å². The van der Waals surface area contributed by atoms with E-state index >= 15 is 0 Å². The van der Waals surface area contributed by atoms with Crippen LogP contribution in [0.1, 0.15) is 17.4 Å². The summed E-state index contributed by atoms with van der Waals surface area (Å²) in [5.74, 6) is -1.59. The topological polar surface area (TPSA) is 37.3 Å². The Kier molecular flexibility index (Phi) is 1.78. The van der Waals surface area contributed by atoms with Crippen molar-refractivity contribution < 1.29 is 14.0 Å². The quantitative estimate of drug-likeness (QED) is 0.635. The molecule has 0 aliphatic heterocycles. The highest BCUT2D eigenvalue weighted by Crippen LogP contribution is 2.08. The molecule has 0 aliphatic carbocycles. The fraction of sp³-hybridized carbons (Fsp3) is 0.800. The molecule has 0 radical (unpaired) electrons. The fourth-order valence-electron chi connectivity index (χ4n) is 0.202. The first kappa shape index (κ1) is 3.77. The van der Waals surface area contributed by atoms with E-state index in [1.165, 1.54) is 13.2 Å². The van der Waals surface area contributed by atoms with Crippen molar-refractivity contribution in [3.05, 3.63) is 0 Å². The molecule has 0 amide bonds. The Bertz CT molecular complexity index is 169. The molecule has 0 aromatic rings. The molecule has 0 rings (SSSR count). The summed E-state index contributed by atoms with van der Waals surface area (Å²) >= 11 is 0.873. The second-order valence-electron chi connectivity index (χ2n) is 1.19. The average molecular weight is 137 g/mol. The smallest absolute Gasteiger partial charge is 0.304 e. The molecule has 0 aromatic heterocycles. The lowest BCUT2D eigenvalue weighted by molar-refractivity contribution is -0.136. The van der Waals surface area contributed by atoms with Gasteiger partial charge >= 0.3 is 5.97 Å². The lowest BCUT2D eigenvalue weighted by atomic mass is 10.3. The van der Waals surface area contributed by atoms with Crippen molar-refractivity contribution >= 4 is 17.7 Å². The van der Waals surface area contributed by atoms with Crippen LogP contribution in [0.2, 0.25) is 0 Å². The molecule has 0 aliphatic rings. The zero-order valence-electron chi connectivity index (χ0n) is 7.76. The van der Waals surface area contributed by atoms with Gasteiger partial charge in [0.15, 0.2) is 0 Å². The maximum atomic E-state index is 10.3. The van der Waals surface area contributed by atoms with E-state index < -0.39 is 17.6 Å². The van der Waals surface area contributed by atoms with Crippen molar-refractivity contribution in [1.29, 1.82) is 0 Å². The molecule has 1 N–H and O–H groups in total. The van der Waals surface area contributed by atoms with Gasteiger partial charge in [-0.15, -0.1) is 0 Å². The van der Waals surface area contributed by atoms with Gasteiger partial charge in [0.05, 0.1) is 6.37 Å². The van der Waals surface area contributed by atoms with E-state index in [1.807, 2.05) is 0 Å². The molecule has 8 heavy (non-hydrogen) atoms. The highest BCUT2D eigenvalue weighted by molar-refractivity contribution is 7.99. The van der Waals surface area contributed by atoms with Gasteiger partial charge in [-0.2, -0.15) is 11.8 Å². The number of thioether (sulfide) groups is 1. The number of rotatable bonds is 3. The number of hydrogen-bond donors (Lipinski definition) is 1. The summed E-state index contributed by atoms with van der Waals surface area (Å²) in [6.07, 6.45) is -1.000. The van der Waals surface area contributed by atoms with Crippen LogP contribution in [0.5, 0.6) is 0 Å². The molecular formula is C5H10O2S. The number of carboxylic acids is 1. The lowest BCUT2D eigenvalue weighted by Gasteiger charge is -2.00. The number of hydrogen-bond acceptors (Lipinski definition) is 2. The SMILES string of the molecule is [2H]C(C)(SC)C([2H])([2H])C(=O)O. The van der Waals surface area contributed by atoms with Gasteiger partial charge in [-0.25, -0.2) is 0 Å². The molecule has 1 unspecified atom stereocenters. The summed E-state index contributed by atoms with van der Waals surface area (Å²) < 4.78 is 21.4. The summed E-state index contributed by atoms with van der Waals surface area (Å²) in [7, 11) is 0. The lowest BCUT2D eigenvalue weighted by Crippen LogP contribution is -2.04. The minimum atomic E-state index is -2.51. The van der Waals surface area contributed by atoms with Crippen LogP contribution in [0, 0.1) is 0 Å². The maximum Gasteiger partial charge on any atom is 0.304 e. The Morgan fingerprint density at radius 2 is 2.75 bits per heavy atom. The summed E-state index contributed by atoms with van der Waals surface area (Å²) in [5.41, 5.74) is 0. The molecule has 0 saturated heterocycles. The third-order valence-corrected chi connectivity index (χ3v) is 1.30. The molecule has 1 atom stereocenters. The molecule has 0 saturated carbocycles. The van der Waals surface area contributed by atoms with Gasteiger partial charge in [-0.1, -0.05) is 6.92 Å². The Hall–Kier alpha value is -0.180. The fourth-order valence-corrected chi connectivity index (χ4v) is 0.391. The molecular weight excluding hydrogens is 124 g/mol. The summed E-state index contributed by atoms with van der Waals surface area (Å²) in [6, 6.07) is 0. The number of carbonyl (C=O) groups is 1. The van der Waals surface area contributed by atoms with Gasteiger partial charge in [-0.3, -0.25) is 4.79 Å². The minimum Gasteiger partial charge on any atom is -0.481 e. The molecule has 0 fully saturated rings. The second kappa shape index (κ2) is 3.78. The van der Waals surface area contributed by atoms with Gasteiger partial charge in [0.1, 0.15) is 0 Å². The van der Waals surface area contributed by atoms with E-state index in [0.29, 0.717) is 0 Å². The first-order valence-electron chi connectivity index (χ1n) is 3.54. The van der Waals surface area contributed by atoms with Crippen LogP contribution in [0.25, 0.3) is 0 Å². The second-order valence-corrected chi connectivity index (χ2v) is 2.21. The van der Waals surface area contributed by atoms with Crippen molar-refractivity contribution in [3.8, 4) is 0 Å². The van der Waals surface area contributed by atoms with Gasteiger partial charge in [-0.05, 0) is 6.26 Å². The Morgan fingerprint density at radius 3 is 2.88 bits per heavy atom.